The van der Waals surface area contributed by atoms with Gasteiger partial charge < -0.3 is 14.7 Å². The van der Waals surface area contributed by atoms with E-state index in [-0.39, 0.29) is 25.0 Å². The van der Waals surface area contributed by atoms with Gasteiger partial charge in [-0.3, -0.25) is 9.59 Å². The highest BCUT2D eigenvalue weighted by Gasteiger charge is 2.46. The van der Waals surface area contributed by atoms with Crippen LogP contribution >= 0.6 is 0 Å². The van der Waals surface area contributed by atoms with Gasteiger partial charge in [0.1, 0.15) is 5.41 Å². The third-order valence-corrected chi connectivity index (χ3v) is 3.87. The van der Waals surface area contributed by atoms with Crippen molar-refractivity contribution < 1.29 is 19.4 Å². The maximum Gasteiger partial charge on any atom is 0.313 e. The normalized spacial score (nSPS) is 23.7. The van der Waals surface area contributed by atoms with Gasteiger partial charge in [0.05, 0.1) is 6.61 Å². The lowest BCUT2D eigenvalue weighted by atomic mass is 9.88. The van der Waals surface area contributed by atoms with Gasteiger partial charge in [-0.05, 0) is 19.3 Å². The molecule has 1 aliphatic heterocycles. The number of carboxylic acids is 1. The van der Waals surface area contributed by atoms with Crippen LogP contribution in [0.2, 0.25) is 0 Å². The van der Waals surface area contributed by atoms with Crippen molar-refractivity contribution in [2.45, 2.75) is 33.1 Å². The minimum absolute atomic E-state index is 0.0112. The highest BCUT2D eigenvalue weighted by Crippen LogP contribution is 2.32. The maximum atomic E-state index is 12.2. The average Bonchev–Trinajstić information content (AvgIpc) is 2.76. The van der Waals surface area contributed by atoms with E-state index in [1.165, 1.54) is 7.11 Å². The number of likely N-dealkylation sites (tertiary alicyclic amines) is 1. The third kappa shape index (κ3) is 2.83. The number of aliphatic carboxylic acids is 1. The van der Waals surface area contributed by atoms with Crippen LogP contribution in [-0.2, 0) is 14.3 Å². The predicted molar refractivity (Wildman–Crippen MR) is 67.2 cm³/mol. The van der Waals surface area contributed by atoms with E-state index in [0.29, 0.717) is 13.0 Å². The second-order valence-corrected chi connectivity index (χ2v) is 5.04. The van der Waals surface area contributed by atoms with Crippen molar-refractivity contribution in [2.24, 2.45) is 11.3 Å². The number of hydrogen-bond donors (Lipinski definition) is 1. The quantitative estimate of drug-likeness (QED) is 0.780. The Kier molecular flexibility index (Phi) is 5.14. The molecule has 1 amide bonds. The molecule has 0 aromatic carbocycles. The molecule has 1 N–H and O–H groups in total. The molecule has 1 aliphatic rings. The molecule has 1 atom stereocenters. The summed E-state index contributed by atoms with van der Waals surface area (Å²) in [7, 11) is 1.50. The molecule has 0 saturated carbocycles. The molecule has 1 heterocycles. The fraction of sp³-hybridized carbons (Fsp3) is 0.846. The second-order valence-electron chi connectivity index (χ2n) is 5.04. The molecule has 0 radical (unpaired) electrons. The van der Waals surface area contributed by atoms with E-state index >= 15 is 0 Å². The summed E-state index contributed by atoms with van der Waals surface area (Å²) in [6.07, 6.45) is 2.08. The first kappa shape index (κ1) is 15.0. The average molecular weight is 257 g/mol. The van der Waals surface area contributed by atoms with Gasteiger partial charge in [-0.2, -0.15) is 0 Å². The van der Waals surface area contributed by atoms with Gasteiger partial charge in [0, 0.05) is 26.1 Å². The molecule has 1 rings (SSSR count). The molecule has 104 valence electrons. The summed E-state index contributed by atoms with van der Waals surface area (Å²) in [5.41, 5.74) is -0.920. The van der Waals surface area contributed by atoms with Gasteiger partial charge in [0.25, 0.3) is 0 Å². The Bertz CT molecular complexity index is 314. The second kappa shape index (κ2) is 6.18. The largest absolute Gasteiger partial charge is 0.481 e. The molecule has 0 aliphatic carbocycles. The molecule has 0 aromatic rings. The Morgan fingerprint density at radius 1 is 1.39 bits per heavy atom. The number of hydrogen-bond acceptors (Lipinski definition) is 3. The van der Waals surface area contributed by atoms with Crippen molar-refractivity contribution in [3.8, 4) is 0 Å². The zero-order valence-corrected chi connectivity index (χ0v) is 11.4. The first-order chi connectivity index (χ1) is 8.50. The summed E-state index contributed by atoms with van der Waals surface area (Å²) in [4.78, 5) is 25.3. The number of rotatable bonds is 6. The fourth-order valence-corrected chi connectivity index (χ4v) is 2.59. The number of ether oxygens (including phenoxy) is 1. The van der Waals surface area contributed by atoms with Gasteiger partial charge in [0.15, 0.2) is 0 Å². The summed E-state index contributed by atoms with van der Waals surface area (Å²) in [6, 6.07) is 0. The molecule has 18 heavy (non-hydrogen) atoms. The van der Waals surface area contributed by atoms with Crippen molar-refractivity contribution in [2.75, 3.05) is 26.8 Å². The van der Waals surface area contributed by atoms with E-state index in [1.54, 1.807) is 4.90 Å². The first-order valence-corrected chi connectivity index (χ1v) is 6.51. The van der Waals surface area contributed by atoms with Crippen LogP contribution in [0.3, 0.4) is 0 Å². The zero-order chi connectivity index (χ0) is 13.8. The van der Waals surface area contributed by atoms with Crippen LogP contribution in [-0.4, -0.2) is 48.7 Å². The van der Waals surface area contributed by atoms with Crippen molar-refractivity contribution in [1.82, 2.24) is 4.90 Å². The molecular weight excluding hydrogens is 234 g/mol. The molecule has 1 unspecified atom stereocenters. The summed E-state index contributed by atoms with van der Waals surface area (Å²) in [5.74, 6) is -0.777. The lowest BCUT2D eigenvalue weighted by Gasteiger charge is -2.25. The summed E-state index contributed by atoms with van der Waals surface area (Å²) in [5, 5.41) is 9.33. The van der Waals surface area contributed by atoms with E-state index in [9.17, 15) is 14.7 Å². The topological polar surface area (TPSA) is 66.8 Å². The molecule has 1 saturated heterocycles. The van der Waals surface area contributed by atoms with Gasteiger partial charge in [-0.1, -0.05) is 13.8 Å². The van der Waals surface area contributed by atoms with E-state index in [4.69, 9.17) is 4.74 Å². The Morgan fingerprint density at radius 3 is 2.44 bits per heavy atom. The highest BCUT2D eigenvalue weighted by molar-refractivity contribution is 5.82. The summed E-state index contributed by atoms with van der Waals surface area (Å²) < 4.78 is 5.01. The SMILES string of the molecule is CCC(CC)C(=O)N1CCC(COC)(C(=O)O)C1. The number of methoxy groups -OCH3 is 1. The fourth-order valence-electron chi connectivity index (χ4n) is 2.59. The minimum Gasteiger partial charge on any atom is -0.481 e. The number of carboxylic acid groups (broad SMARTS) is 1. The van der Waals surface area contributed by atoms with Crippen LogP contribution in [0.15, 0.2) is 0 Å². The molecule has 5 heteroatoms. The summed E-state index contributed by atoms with van der Waals surface area (Å²) >= 11 is 0. The van der Waals surface area contributed by atoms with E-state index in [2.05, 4.69) is 0 Å². The Balaban J connectivity index is 2.74. The number of nitrogens with zero attached hydrogens (tertiary/aromatic N) is 1. The smallest absolute Gasteiger partial charge is 0.313 e. The van der Waals surface area contributed by atoms with Crippen molar-refractivity contribution in [3.63, 3.8) is 0 Å². The van der Waals surface area contributed by atoms with Crippen LogP contribution in [0, 0.1) is 11.3 Å². The third-order valence-electron chi connectivity index (χ3n) is 3.87. The Labute approximate surface area is 108 Å². The van der Waals surface area contributed by atoms with E-state index < -0.39 is 11.4 Å². The van der Waals surface area contributed by atoms with Crippen LogP contribution < -0.4 is 0 Å². The van der Waals surface area contributed by atoms with Gasteiger partial charge in [-0.15, -0.1) is 0 Å². The molecule has 5 nitrogen and oxygen atoms in total. The van der Waals surface area contributed by atoms with Gasteiger partial charge >= 0.3 is 5.97 Å². The minimum atomic E-state index is -0.920. The lowest BCUT2D eigenvalue weighted by Crippen LogP contribution is -2.41. The van der Waals surface area contributed by atoms with Crippen molar-refractivity contribution in [3.05, 3.63) is 0 Å². The van der Waals surface area contributed by atoms with Crippen LogP contribution in [0.1, 0.15) is 33.1 Å². The Morgan fingerprint density at radius 2 is 2.00 bits per heavy atom. The van der Waals surface area contributed by atoms with E-state index in [0.717, 1.165) is 12.8 Å². The van der Waals surface area contributed by atoms with Crippen molar-refractivity contribution in [1.29, 1.82) is 0 Å². The van der Waals surface area contributed by atoms with E-state index in [1.807, 2.05) is 13.8 Å². The zero-order valence-electron chi connectivity index (χ0n) is 11.4. The highest BCUT2D eigenvalue weighted by atomic mass is 16.5. The van der Waals surface area contributed by atoms with Crippen LogP contribution in [0.5, 0.6) is 0 Å². The molecular formula is C13H23NO4. The van der Waals surface area contributed by atoms with Gasteiger partial charge in [-0.25, -0.2) is 0 Å². The van der Waals surface area contributed by atoms with Crippen LogP contribution in [0.25, 0.3) is 0 Å². The standard InChI is InChI=1S/C13H23NO4/c1-4-10(5-2)11(15)14-7-6-13(8-14,9-18-3)12(16)17/h10H,4-9H2,1-3H3,(H,16,17). The predicted octanol–water partition coefficient (Wildman–Crippen LogP) is 1.37. The molecule has 0 spiro atoms. The first-order valence-electron chi connectivity index (χ1n) is 6.51. The molecule has 0 bridgehead atoms. The lowest BCUT2D eigenvalue weighted by molar-refractivity contribution is -0.151. The van der Waals surface area contributed by atoms with Crippen LogP contribution in [0.4, 0.5) is 0 Å². The molecule has 0 aromatic heterocycles. The molecule has 1 fully saturated rings. The van der Waals surface area contributed by atoms with Gasteiger partial charge in [0.2, 0.25) is 5.91 Å². The van der Waals surface area contributed by atoms with Crippen molar-refractivity contribution >= 4 is 11.9 Å². The number of amides is 1. The number of carbonyl (C=O) groups excluding carboxylic acids is 1. The maximum absolute atomic E-state index is 12.2. The Hall–Kier alpha value is -1.10. The summed E-state index contributed by atoms with van der Waals surface area (Å²) in [6.45, 7) is 4.93. The monoisotopic (exact) mass is 257 g/mol. The number of carbonyl (C=O) groups is 2.